The third kappa shape index (κ3) is 4.48. The number of rotatable bonds is 7. The first-order chi connectivity index (χ1) is 13.8. The number of halogens is 4. The van der Waals surface area contributed by atoms with Gasteiger partial charge >= 0.3 is 11.7 Å². The molecule has 162 valence electrons. The summed E-state index contributed by atoms with van der Waals surface area (Å²) in [6.07, 6.45) is 0. The Kier molecular flexibility index (Phi) is 8.25. The van der Waals surface area contributed by atoms with E-state index in [1.807, 2.05) is 13.8 Å². The van der Waals surface area contributed by atoms with E-state index < -0.39 is 5.97 Å². The number of aromatic carboxylic acids is 1. The maximum Gasteiger partial charge on any atom is 0.335 e. The van der Waals surface area contributed by atoms with Crippen molar-refractivity contribution in [1.82, 2.24) is 14.0 Å². The van der Waals surface area contributed by atoms with Crippen LogP contribution in [0.15, 0.2) is 35.1 Å². The molecule has 10 heteroatoms. The van der Waals surface area contributed by atoms with Crippen molar-refractivity contribution < 1.29 is 9.90 Å². The number of para-hydroxylation sites is 1. The van der Waals surface area contributed by atoms with Crippen LogP contribution in [0, 0.1) is 0 Å². The summed E-state index contributed by atoms with van der Waals surface area (Å²) < 4.78 is 2.88. The van der Waals surface area contributed by atoms with Crippen LogP contribution in [0.25, 0.3) is 16.7 Å². The summed E-state index contributed by atoms with van der Waals surface area (Å²) in [6, 6.07) is 7.72. The van der Waals surface area contributed by atoms with Gasteiger partial charge in [0.05, 0.1) is 37.4 Å². The zero-order chi connectivity index (χ0) is 21.3. The lowest BCUT2D eigenvalue weighted by Gasteiger charge is -2.18. The average Bonchev–Trinajstić information content (AvgIpc) is 2.95. The molecule has 0 spiro atoms. The fraction of sp³-hybridized carbons (Fsp3) is 0.300. The molecule has 1 heterocycles. The van der Waals surface area contributed by atoms with Crippen molar-refractivity contribution in [1.29, 1.82) is 0 Å². The summed E-state index contributed by atoms with van der Waals surface area (Å²) in [7, 11) is 0. The molecule has 0 aliphatic rings. The summed E-state index contributed by atoms with van der Waals surface area (Å²) in [4.78, 5) is 27.1. The lowest BCUT2D eigenvalue weighted by Crippen LogP contribution is -2.31. The molecule has 1 N–H and O–H groups in total. The maximum atomic E-state index is 13.4. The van der Waals surface area contributed by atoms with E-state index in [0.29, 0.717) is 39.9 Å². The number of carboxylic acid groups (broad SMARTS) is 1. The molecule has 3 rings (SSSR count). The summed E-state index contributed by atoms with van der Waals surface area (Å²) in [6.45, 7) is 6.74. The highest BCUT2D eigenvalue weighted by Gasteiger charge is 2.23. The smallest absolute Gasteiger partial charge is 0.335 e. The zero-order valence-electron chi connectivity index (χ0n) is 16.4. The quantitative estimate of drug-likeness (QED) is 0.491. The van der Waals surface area contributed by atoms with Crippen LogP contribution in [0.5, 0.6) is 0 Å². The van der Waals surface area contributed by atoms with E-state index in [0.717, 1.165) is 13.1 Å². The number of imidazole rings is 1. The van der Waals surface area contributed by atoms with Crippen molar-refractivity contribution in [3.05, 3.63) is 61.4 Å². The normalized spacial score (nSPS) is 11.1. The van der Waals surface area contributed by atoms with Crippen LogP contribution in [0.1, 0.15) is 24.2 Å². The number of hydrogen-bond donors (Lipinski definition) is 1. The van der Waals surface area contributed by atoms with E-state index >= 15 is 0 Å². The molecule has 0 bridgehead atoms. The van der Waals surface area contributed by atoms with E-state index in [2.05, 4.69) is 4.90 Å². The molecule has 0 saturated heterocycles. The first kappa shape index (κ1) is 24.6. The Morgan fingerprint density at radius 3 is 2.20 bits per heavy atom. The molecule has 0 atom stereocenters. The number of carbonyl (C=O) groups is 1. The lowest BCUT2D eigenvalue weighted by molar-refractivity contribution is 0.0697. The monoisotopic (exact) mass is 491 g/mol. The van der Waals surface area contributed by atoms with Crippen molar-refractivity contribution in [3.63, 3.8) is 0 Å². The summed E-state index contributed by atoms with van der Waals surface area (Å²) in [5, 5.41) is 10.2. The van der Waals surface area contributed by atoms with Crippen molar-refractivity contribution in [2.45, 2.75) is 20.4 Å². The second-order valence-electron chi connectivity index (χ2n) is 6.50. The summed E-state index contributed by atoms with van der Waals surface area (Å²) >= 11 is 19.1. The van der Waals surface area contributed by atoms with Crippen molar-refractivity contribution in [3.8, 4) is 5.69 Å². The van der Waals surface area contributed by atoms with E-state index in [1.165, 1.54) is 21.3 Å². The fourth-order valence-corrected chi connectivity index (χ4v) is 4.23. The minimum Gasteiger partial charge on any atom is -0.478 e. The van der Waals surface area contributed by atoms with Gasteiger partial charge in [-0.25, -0.2) is 9.59 Å². The van der Waals surface area contributed by atoms with Gasteiger partial charge in [-0.05, 0) is 37.4 Å². The molecular weight excluding hydrogens is 472 g/mol. The Morgan fingerprint density at radius 2 is 1.67 bits per heavy atom. The van der Waals surface area contributed by atoms with Gasteiger partial charge in [0, 0.05) is 13.1 Å². The van der Waals surface area contributed by atoms with Gasteiger partial charge in [0.25, 0.3) is 0 Å². The van der Waals surface area contributed by atoms with E-state index in [1.54, 1.807) is 18.2 Å². The Balaban J connectivity index is 0.00000320. The molecule has 30 heavy (non-hydrogen) atoms. The number of aromatic nitrogens is 2. The van der Waals surface area contributed by atoms with Crippen molar-refractivity contribution >= 4 is 64.2 Å². The first-order valence-electron chi connectivity index (χ1n) is 9.14. The van der Waals surface area contributed by atoms with Crippen LogP contribution >= 0.6 is 47.2 Å². The molecule has 6 nitrogen and oxygen atoms in total. The van der Waals surface area contributed by atoms with Crippen LogP contribution < -0.4 is 5.69 Å². The Bertz CT molecular complexity index is 1120. The number of benzene rings is 2. The SMILES string of the molecule is CCN(CC)CCn1c(=O)n(-c2c(Cl)cccc2Cl)c2c(Cl)cc(C(=O)O)cc21.Cl. The van der Waals surface area contributed by atoms with Crippen molar-refractivity contribution in [2.24, 2.45) is 0 Å². The Morgan fingerprint density at radius 1 is 1.07 bits per heavy atom. The summed E-state index contributed by atoms with van der Waals surface area (Å²) in [5.41, 5.74) is 0.727. The minimum absolute atomic E-state index is 0. The average molecular weight is 493 g/mol. The third-order valence-electron chi connectivity index (χ3n) is 4.92. The van der Waals surface area contributed by atoms with Gasteiger partial charge in [-0.2, -0.15) is 0 Å². The highest BCUT2D eigenvalue weighted by molar-refractivity contribution is 6.38. The maximum absolute atomic E-state index is 13.4. The molecule has 0 fully saturated rings. The third-order valence-corrected chi connectivity index (χ3v) is 5.82. The molecule has 0 aliphatic heterocycles. The highest BCUT2D eigenvalue weighted by Crippen LogP contribution is 2.33. The standard InChI is InChI=1S/C20H20Cl3N3O3.ClH/c1-3-24(4-2)8-9-25-16-11-12(19(27)28)10-15(23)18(16)26(20(25)29)17-13(21)6-5-7-14(17)22;/h5-7,10-11H,3-4,8-9H2,1-2H3,(H,27,28);1H. The predicted octanol–water partition coefficient (Wildman–Crippen LogP) is 5.21. The molecule has 1 aromatic heterocycles. The Labute approximate surface area is 195 Å². The van der Waals surface area contributed by atoms with E-state index in [9.17, 15) is 14.7 Å². The molecule has 0 unspecified atom stereocenters. The zero-order valence-corrected chi connectivity index (χ0v) is 19.4. The second kappa shape index (κ2) is 10.1. The Hall–Kier alpha value is -1.70. The lowest BCUT2D eigenvalue weighted by atomic mass is 10.2. The van der Waals surface area contributed by atoms with E-state index in [-0.39, 0.29) is 28.7 Å². The molecule has 0 radical (unpaired) electrons. The molecule has 0 saturated carbocycles. The number of likely N-dealkylation sites (N-methyl/N-ethyl adjacent to an activating group) is 1. The number of fused-ring (bicyclic) bond motifs is 1. The summed E-state index contributed by atoms with van der Waals surface area (Å²) in [5.74, 6) is -1.12. The fourth-order valence-electron chi connectivity index (χ4n) is 3.36. The van der Waals surface area contributed by atoms with Gasteiger partial charge in [0.15, 0.2) is 0 Å². The van der Waals surface area contributed by atoms with Crippen LogP contribution in [0.2, 0.25) is 15.1 Å². The largest absolute Gasteiger partial charge is 0.478 e. The highest BCUT2D eigenvalue weighted by atomic mass is 35.5. The van der Waals surface area contributed by atoms with E-state index in [4.69, 9.17) is 34.8 Å². The van der Waals surface area contributed by atoms with Crippen molar-refractivity contribution in [2.75, 3.05) is 19.6 Å². The van der Waals surface area contributed by atoms with Gasteiger partial charge in [0.1, 0.15) is 0 Å². The van der Waals surface area contributed by atoms with Crippen LogP contribution in [-0.2, 0) is 6.54 Å². The van der Waals surface area contributed by atoms with Gasteiger partial charge in [-0.3, -0.25) is 9.13 Å². The molecule has 0 aliphatic carbocycles. The van der Waals surface area contributed by atoms with Crippen LogP contribution in [-0.4, -0.2) is 44.7 Å². The van der Waals surface area contributed by atoms with Gasteiger partial charge < -0.3 is 10.0 Å². The number of carboxylic acids is 1. The van der Waals surface area contributed by atoms with Gasteiger partial charge in [0.2, 0.25) is 0 Å². The van der Waals surface area contributed by atoms with Crippen LogP contribution in [0.4, 0.5) is 0 Å². The molecule has 3 aromatic rings. The molecule has 2 aromatic carbocycles. The van der Waals surface area contributed by atoms with Crippen LogP contribution in [0.3, 0.4) is 0 Å². The number of nitrogens with zero attached hydrogens (tertiary/aromatic N) is 3. The predicted molar refractivity (Wildman–Crippen MR) is 125 cm³/mol. The van der Waals surface area contributed by atoms with Gasteiger partial charge in [-0.1, -0.05) is 54.7 Å². The minimum atomic E-state index is -1.12. The topological polar surface area (TPSA) is 67.5 Å². The second-order valence-corrected chi connectivity index (χ2v) is 7.72. The van der Waals surface area contributed by atoms with Gasteiger partial charge in [-0.15, -0.1) is 12.4 Å². The molecular formula is C20H21Cl4N3O3. The first-order valence-corrected chi connectivity index (χ1v) is 10.3. The molecule has 0 amide bonds. The number of hydrogen-bond acceptors (Lipinski definition) is 3.